The Kier molecular flexibility index (Phi) is 5.73. The molecule has 1 rings (SSSR count). The van der Waals surface area contributed by atoms with Gasteiger partial charge < -0.3 is 10.5 Å². The van der Waals surface area contributed by atoms with Gasteiger partial charge in [0.05, 0.1) is 12.2 Å². The molecule has 0 bridgehead atoms. The molecule has 1 aliphatic heterocycles. The van der Waals surface area contributed by atoms with E-state index in [0.717, 1.165) is 38.6 Å². The molecule has 16 heavy (non-hydrogen) atoms. The first kappa shape index (κ1) is 13.9. The lowest BCUT2D eigenvalue weighted by Gasteiger charge is -2.38. The fraction of sp³-hybridized carbons (Fsp3) is 1.00. The summed E-state index contributed by atoms with van der Waals surface area (Å²) in [5.74, 6) is 0.777. The summed E-state index contributed by atoms with van der Waals surface area (Å²) in [5, 5.41) is 0. The fourth-order valence-electron chi connectivity index (χ4n) is 2.40. The molecule has 1 fully saturated rings. The van der Waals surface area contributed by atoms with E-state index in [4.69, 9.17) is 10.5 Å². The highest BCUT2D eigenvalue weighted by Gasteiger charge is 2.26. The molecule has 0 aliphatic carbocycles. The van der Waals surface area contributed by atoms with Crippen LogP contribution in [0.1, 0.15) is 40.0 Å². The standard InChI is InChI=1S/C13H28N2O/c1-12(6-7-14)5-4-8-15-9-10-16-13(2,3)11-15/h12H,4-11,14H2,1-3H3. The van der Waals surface area contributed by atoms with Gasteiger partial charge in [-0.05, 0) is 52.1 Å². The normalized spacial score (nSPS) is 23.2. The van der Waals surface area contributed by atoms with Crippen LogP contribution in [0.5, 0.6) is 0 Å². The van der Waals surface area contributed by atoms with Gasteiger partial charge in [0, 0.05) is 13.1 Å². The Morgan fingerprint density at radius 3 is 2.75 bits per heavy atom. The largest absolute Gasteiger partial charge is 0.373 e. The first-order chi connectivity index (χ1) is 7.53. The molecule has 0 radical (unpaired) electrons. The van der Waals surface area contributed by atoms with Gasteiger partial charge >= 0.3 is 0 Å². The van der Waals surface area contributed by atoms with E-state index in [1.54, 1.807) is 0 Å². The van der Waals surface area contributed by atoms with Crippen molar-refractivity contribution >= 4 is 0 Å². The maximum Gasteiger partial charge on any atom is 0.0753 e. The van der Waals surface area contributed by atoms with Crippen LogP contribution in [0, 0.1) is 5.92 Å². The molecule has 96 valence electrons. The number of rotatable bonds is 6. The van der Waals surface area contributed by atoms with Crippen LogP contribution in [0.15, 0.2) is 0 Å². The molecule has 0 saturated carbocycles. The van der Waals surface area contributed by atoms with Crippen LogP contribution in [-0.4, -0.2) is 43.3 Å². The Bertz CT molecular complexity index is 194. The molecule has 0 amide bonds. The van der Waals surface area contributed by atoms with Crippen molar-refractivity contribution in [2.75, 3.05) is 32.8 Å². The van der Waals surface area contributed by atoms with Crippen LogP contribution in [-0.2, 0) is 4.74 Å². The third-order valence-corrected chi connectivity index (χ3v) is 3.34. The van der Waals surface area contributed by atoms with E-state index in [-0.39, 0.29) is 5.60 Å². The van der Waals surface area contributed by atoms with Crippen molar-refractivity contribution in [3.8, 4) is 0 Å². The summed E-state index contributed by atoms with van der Waals surface area (Å²) in [6.07, 6.45) is 3.75. The topological polar surface area (TPSA) is 38.5 Å². The Hall–Kier alpha value is -0.120. The van der Waals surface area contributed by atoms with Gasteiger partial charge in [-0.15, -0.1) is 0 Å². The molecule has 1 atom stereocenters. The maximum atomic E-state index is 5.70. The molecule has 1 aliphatic rings. The lowest BCUT2D eigenvalue weighted by atomic mass is 10.0. The van der Waals surface area contributed by atoms with Crippen LogP contribution in [0.3, 0.4) is 0 Å². The number of nitrogens with two attached hydrogens (primary N) is 1. The van der Waals surface area contributed by atoms with E-state index < -0.39 is 0 Å². The zero-order valence-electron chi connectivity index (χ0n) is 11.2. The number of ether oxygens (including phenoxy) is 1. The molecular weight excluding hydrogens is 200 g/mol. The van der Waals surface area contributed by atoms with Gasteiger partial charge in [-0.3, -0.25) is 4.90 Å². The van der Waals surface area contributed by atoms with E-state index in [1.807, 2.05) is 0 Å². The minimum absolute atomic E-state index is 0.0428. The smallest absolute Gasteiger partial charge is 0.0753 e. The molecule has 1 heterocycles. The van der Waals surface area contributed by atoms with Crippen LogP contribution in [0.2, 0.25) is 0 Å². The van der Waals surface area contributed by atoms with Crippen molar-refractivity contribution in [1.29, 1.82) is 0 Å². The average molecular weight is 228 g/mol. The first-order valence-electron chi connectivity index (χ1n) is 6.60. The van der Waals surface area contributed by atoms with Crippen molar-refractivity contribution in [3.05, 3.63) is 0 Å². The van der Waals surface area contributed by atoms with Gasteiger partial charge in [0.15, 0.2) is 0 Å². The predicted octanol–water partition coefficient (Wildman–Crippen LogP) is 1.86. The number of hydrogen-bond acceptors (Lipinski definition) is 3. The summed E-state index contributed by atoms with van der Waals surface area (Å²) in [5.41, 5.74) is 5.60. The average Bonchev–Trinajstić information content (AvgIpc) is 2.16. The van der Waals surface area contributed by atoms with Gasteiger partial charge in [0.2, 0.25) is 0 Å². The maximum absolute atomic E-state index is 5.70. The summed E-state index contributed by atoms with van der Waals surface area (Å²) in [6.45, 7) is 11.7. The Labute approximate surface area is 100 Å². The molecule has 2 N–H and O–H groups in total. The van der Waals surface area contributed by atoms with Crippen molar-refractivity contribution in [2.24, 2.45) is 11.7 Å². The summed E-state index contributed by atoms with van der Waals surface area (Å²) in [6, 6.07) is 0. The molecule has 0 aromatic rings. The second-order valence-electron chi connectivity index (χ2n) is 5.71. The van der Waals surface area contributed by atoms with Crippen molar-refractivity contribution in [3.63, 3.8) is 0 Å². The molecule has 0 aromatic heterocycles. The van der Waals surface area contributed by atoms with Crippen molar-refractivity contribution in [2.45, 2.75) is 45.6 Å². The zero-order valence-corrected chi connectivity index (χ0v) is 11.2. The molecule has 1 saturated heterocycles. The summed E-state index contributed by atoms with van der Waals surface area (Å²) < 4.78 is 5.70. The molecular formula is C13H28N2O. The van der Waals surface area contributed by atoms with E-state index in [1.165, 1.54) is 19.4 Å². The lowest BCUT2D eigenvalue weighted by molar-refractivity contribution is -0.0862. The highest BCUT2D eigenvalue weighted by atomic mass is 16.5. The second kappa shape index (κ2) is 6.58. The van der Waals surface area contributed by atoms with Gasteiger partial charge in [-0.2, -0.15) is 0 Å². The number of nitrogens with zero attached hydrogens (tertiary/aromatic N) is 1. The van der Waals surface area contributed by atoms with Crippen LogP contribution >= 0.6 is 0 Å². The fourth-order valence-corrected chi connectivity index (χ4v) is 2.40. The first-order valence-corrected chi connectivity index (χ1v) is 6.60. The van der Waals surface area contributed by atoms with E-state index >= 15 is 0 Å². The van der Waals surface area contributed by atoms with Gasteiger partial charge in [0.1, 0.15) is 0 Å². The van der Waals surface area contributed by atoms with Gasteiger partial charge in [0.25, 0.3) is 0 Å². The molecule has 1 unspecified atom stereocenters. The SMILES string of the molecule is CC(CCN)CCCN1CCOC(C)(C)C1. The summed E-state index contributed by atoms with van der Waals surface area (Å²) in [7, 11) is 0. The van der Waals surface area contributed by atoms with Crippen molar-refractivity contribution < 1.29 is 4.74 Å². The zero-order chi connectivity index (χ0) is 12.0. The quantitative estimate of drug-likeness (QED) is 0.754. The highest BCUT2D eigenvalue weighted by Crippen LogP contribution is 2.17. The summed E-state index contributed by atoms with van der Waals surface area (Å²) >= 11 is 0. The van der Waals surface area contributed by atoms with Gasteiger partial charge in [-0.1, -0.05) is 6.92 Å². The minimum Gasteiger partial charge on any atom is -0.373 e. The summed E-state index contributed by atoms with van der Waals surface area (Å²) in [4.78, 5) is 2.53. The molecule has 0 aromatic carbocycles. The van der Waals surface area contributed by atoms with Crippen molar-refractivity contribution in [1.82, 2.24) is 4.90 Å². The third kappa shape index (κ3) is 5.28. The lowest BCUT2D eigenvalue weighted by Crippen LogP contribution is -2.48. The van der Waals surface area contributed by atoms with E-state index in [2.05, 4.69) is 25.7 Å². The van der Waals surface area contributed by atoms with E-state index in [9.17, 15) is 0 Å². The second-order valence-corrected chi connectivity index (χ2v) is 5.71. The van der Waals surface area contributed by atoms with Gasteiger partial charge in [-0.25, -0.2) is 0 Å². The van der Waals surface area contributed by atoms with Crippen LogP contribution < -0.4 is 5.73 Å². The van der Waals surface area contributed by atoms with Crippen LogP contribution in [0.25, 0.3) is 0 Å². The number of morpholine rings is 1. The minimum atomic E-state index is 0.0428. The predicted molar refractivity (Wildman–Crippen MR) is 68.5 cm³/mol. The molecule has 0 spiro atoms. The van der Waals surface area contributed by atoms with Crippen LogP contribution in [0.4, 0.5) is 0 Å². The Morgan fingerprint density at radius 2 is 2.12 bits per heavy atom. The molecule has 3 heteroatoms. The monoisotopic (exact) mass is 228 g/mol. The Balaban J connectivity index is 2.13. The molecule has 3 nitrogen and oxygen atoms in total. The highest BCUT2D eigenvalue weighted by molar-refractivity contribution is 4.78. The Morgan fingerprint density at radius 1 is 1.38 bits per heavy atom. The van der Waals surface area contributed by atoms with E-state index in [0.29, 0.717) is 0 Å². The third-order valence-electron chi connectivity index (χ3n) is 3.34. The number of hydrogen-bond donors (Lipinski definition) is 1.